The van der Waals surface area contributed by atoms with Gasteiger partial charge < -0.3 is 15.3 Å². The molecule has 0 aromatic rings. The van der Waals surface area contributed by atoms with Crippen molar-refractivity contribution in [3.05, 3.63) is 0 Å². The number of hydrogen-bond donors (Lipinski definition) is 3. The van der Waals surface area contributed by atoms with Crippen molar-refractivity contribution in [1.29, 1.82) is 0 Å². The van der Waals surface area contributed by atoms with Gasteiger partial charge in [0.2, 0.25) is 0 Å². The number of aliphatic hydroxyl groups is 3. The van der Waals surface area contributed by atoms with E-state index in [1.807, 2.05) is 13.8 Å². The molecule has 12 heavy (non-hydrogen) atoms. The van der Waals surface area contributed by atoms with Crippen LogP contribution in [0.4, 0.5) is 0 Å². The van der Waals surface area contributed by atoms with Crippen LogP contribution in [0.3, 0.4) is 0 Å². The third-order valence-corrected chi connectivity index (χ3v) is 3.09. The highest BCUT2D eigenvalue weighted by atomic mass is 16.4. The van der Waals surface area contributed by atoms with Crippen LogP contribution < -0.4 is 0 Å². The van der Waals surface area contributed by atoms with Crippen molar-refractivity contribution in [1.82, 2.24) is 0 Å². The van der Waals surface area contributed by atoms with Crippen LogP contribution in [-0.2, 0) is 0 Å². The van der Waals surface area contributed by atoms with Gasteiger partial charge in [0.15, 0.2) is 0 Å². The molecular weight excluding hydrogens is 156 g/mol. The molecule has 1 aliphatic rings. The van der Waals surface area contributed by atoms with Gasteiger partial charge in [-0.25, -0.2) is 0 Å². The Morgan fingerprint density at radius 2 is 1.75 bits per heavy atom. The molecule has 1 rings (SSSR count). The first kappa shape index (κ1) is 9.96. The van der Waals surface area contributed by atoms with Gasteiger partial charge in [-0.3, -0.25) is 0 Å². The van der Waals surface area contributed by atoms with E-state index in [1.54, 1.807) is 6.92 Å². The average Bonchev–Trinajstić information content (AvgIpc) is 2.15. The van der Waals surface area contributed by atoms with Crippen LogP contribution in [0.5, 0.6) is 0 Å². The summed E-state index contributed by atoms with van der Waals surface area (Å²) in [5, 5.41) is 29.2. The van der Waals surface area contributed by atoms with Crippen molar-refractivity contribution >= 4 is 0 Å². The minimum Gasteiger partial charge on any atom is -0.387 e. The topological polar surface area (TPSA) is 60.7 Å². The Labute approximate surface area is 73.0 Å². The summed E-state index contributed by atoms with van der Waals surface area (Å²) >= 11 is 0. The molecule has 0 spiro atoms. The van der Waals surface area contributed by atoms with Gasteiger partial charge in [-0.05, 0) is 25.7 Å². The first-order valence-electron chi connectivity index (χ1n) is 4.43. The molecule has 3 unspecified atom stereocenters. The van der Waals surface area contributed by atoms with Crippen LogP contribution in [0.25, 0.3) is 0 Å². The van der Waals surface area contributed by atoms with Crippen molar-refractivity contribution < 1.29 is 15.3 Å². The summed E-state index contributed by atoms with van der Waals surface area (Å²) in [6.45, 7) is 5.27. The van der Waals surface area contributed by atoms with E-state index >= 15 is 0 Å². The Balaban J connectivity index is 2.85. The Morgan fingerprint density at radius 1 is 1.25 bits per heavy atom. The zero-order chi connectivity index (χ0) is 9.57. The molecule has 1 fully saturated rings. The maximum absolute atomic E-state index is 9.96. The summed E-state index contributed by atoms with van der Waals surface area (Å²) in [5.74, 6) is -0.0264. The summed E-state index contributed by atoms with van der Waals surface area (Å²) in [6.07, 6.45) is -0.0909. The molecule has 0 radical (unpaired) electrons. The SMILES string of the molecule is CC(C)C1(O)CCC(C)(O)C1O. The second-order valence-corrected chi connectivity index (χ2v) is 4.41. The fourth-order valence-electron chi connectivity index (χ4n) is 1.87. The second kappa shape index (κ2) is 2.69. The van der Waals surface area contributed by atoms with E-state index < -0.39 is 17.3 Å². The molecule has 1 saturated carbocycles. The largest absolute Gasteiger partial charge is 0.387 e. The first-order valence-corrected chi connectivity index (χ1v) is 4.43. The summed E-state index contributed by atoms with van der Waals surface area (Å²) in [4.78, 5) is 0. The number of rotatable bonds is 1. The Hall–Kier alpha value is -0.120. The Morgan fingerprint density at radius 3 is 1.92 bits per heavy atom. The van der Waals surface area contributed by atoms with E-state index in [0.29, 0.717) is 12.8 Å². The Kier molecular flexibility index (Phi) is 2.23. The quantitative estimate of drug-likeness (QED) is 0.535. The molecule has 72 valence electrons. The fraction of sp³-hybridized carbons (Fsp3) is 1.00. The van der Waals surface area contributed by atoms with Crippen LogP contribution in [-0.4, -0.2) is 32.6 Å². The van der Waals surface area contributed by atoms with Crippen molar-refractivity contribution in [3.8, 4) is 0 Å². The van der Waals surface area contributed by atoms with E-state index in [-0.39, 0.29) is 5.92 Å². The van der Waals surface area contributed by atoms with Crippen molar-refractivity contribution in [2.75, 3.05) is 0 Å². The molecule has 0 heterocycles. The predicted molar refractivity (Wildman–Crippen MR) is 45.7 cm³/mol. The highest BCUT2D eigenvalue weighted by Crippen LogP contribution is 2.41. The highest BCUT2D eigenvalue weighted by molar-refractivity contribution is 5.05. The lowest BCUT2D eigenvalue weighted by Crippen LogP contribution is -2.50. The standard InChI is InChI=1S/C9H18O3/c1-6(2)9(12)5-4-8(3,11)7(9)10/h6-7,10-12H,4-5H2,1-3H3. The van der Waals surface area contributed by atoms with Crippen molar-refractivity contribution in [2.24, 2.45) is 5.92 Å². The van der Waals surface area contributed by atoms with Crippen molar-refractivity contribution in [3.63, 3.8) is 0 Å². The van der Waals surface area contributed by atoms with Gasteiger partial charge in [-0.15, -0.1) is 0 Å². The Bertz CT molecular complexity index is 177. The van der Waals surface area contributed by atoms with Crippen LogP contribution in [0, 0.1) is 5.92 Å². The van der Waals surface area contributed by atoms with Crippen LogP contribution >= 0.6 is 0 Å². The molecule has 0 amide bonds. The lowest BCUT2D eigenvalue weighted by molar-refractivity contribution is -0.141. The van der Waals surface area contributed by atoms with E-state index in [4.69, 9.17) is 0 Å². The lowest BCUT2D eigenvalue weighted by Gasteiger charge is -2.34. The predicted octanol–water partition coefficient (Wildman–Crippen LogP) is 0.279. The molecule has 3 heteroatoms. The first-order chi connectivity index (χ1) is 5.31. The highest BCUT2D eigenvalue weighted by Gasteiger charge is 2.54. The molecule has 0 saturated heterocycles. The summed E-state index contributed by atoms with van der Waals surface area (Å²) in [7, 11) is 0. The third kappa shape index (κ3) is 1.26. The van der Waals surface area contributed by atoms with Crippen LogP contribution in [0.15, 0.2) is 0 Å². The van der Waals surface area contributed by atoms with Crippen molar-refractivity contribution in [2.45, 2.75) is 50.9 Å². The van der Waals surface area contributed by atoms with Crippen LogP contribution in [0.1, 0.15) is 33.6 Å². The maximum atomic E-state index is 9.96. The van der Waals surface area contributed by atoms with Gasteiger partial charge in [0.05, 0.1) is 11.2 Å². The normalized spacial score (nSPS) is 48.8. The molecule has 1 aliphatic carbocycles. The molecule has 0 aromatic heterocycles. The summed E-state index contributed by atoms with van der Waals surface area (Å²) in [6, 6.07) is 0. The van der Waals surface area contributed by atoms with Gasteiger partial charge in [-0.2, -0.15) is 0 Å². The van der Waals surface area contributed by atoms with E-state index in [2.05, 4.69) is 0 Å². The van der Waals surface area contributed by atoms with Crippen LogP contribution in [0.2, 0.25) is 0 Å². The molecule has 3 nitrogen and oxygen atoms in total. The molecular formula is C9H18O3. The van der Waals surface area contributed by atoms with E-state index in [0.717, 1.165) is 0 Å². The zero-order valence-electron chi connectivity index (χ0n) is 7.91. The second-order valence-electron chi connectivity index (χ2n) is 4.41. The average molecular weight is 174 g/mol. The van der Waals surface area contributed by atoms with Gasteiger partial charge >= 0.3 is 0 Å². The minimum atomic E-state index is -1.13. The van der Waals surface area contributed by atoms with E-state index in [9.17, 15) is 15.3 Å². The number of hydrogen-bond acceptors (Lipinski definition) is 3. The molecule has 3 atom stereocenters. The number of aliphatic hydroxyl groups excluding tert-OH is 1. The monoisotopic (exact) mass is 174 g/mol. The molecule has 0 aliphatic heterocycles. The van der Waals surface area contributed by atoms with Gasteiger partial charge in [0, 0.05) is 0 Å². The van der Waals surface area contributed by atoms with Gasteiger partial charge in [0.1, 0.15) is 6.10 Å². The van der Waals surface area contributed by atoms with Gasteiger partial charge in [-0.1, -0.05) is 13.8 Å². The fourth-order valence-corrected chi connectivity index (χ4v) is 1.87. The van der Waals surface area contributed by atoms with E-state index in [1.165, 1.54) is 0 Å². The van der Waals surface area contributed by atoms with Gasteiger partial charge in [0.25, 0.3) is 0 Å². The lowest BCUT2D eigenvalue weighted by atomic mass is 9.85. The maximum Gasteiger partial charge on any atom is 0.111 e. The molecule has 0 aromatic carbocycles. The summed E-state index contributed by atoms with van der Waals surface area (Å²) in [5.41, 5.74) is -2.23. The third-order valence-electron chi connectivity index (χ3n) is 3.09. The summed E-state index contributed by atoms with van der Waals surface area (Å²) < 4.78 is 0. The molecule has 3 N–H and O–H groups in total. The zero-order valence-corrected chi connectivity index (χ0v) is 7.91. The molecule has 0 bridgehead atoms. The minimum absolute atomic E-state index is 0.0264. The smallest absolute Gasteiger partial charge is 0.111 e.